The molecule has 0 fully saturated rings. The molecule has 7 heteroatoms. The molecule has 0 aliphatic heterocycles. The van der Waals surface area contributed by atoms with Crippen LogP contribution in [0.4, 0.5) is 0 Å². The van der Waals surface area contributed by atoms with Gasteiger partial charge in [0.15, 0.2) is 5.76 Å². The van der Waals surface area contributed by atoms with Crippen molar-refractivity contribution >= 4 is 17.7 Å². The zero-order chi connectivity index (χ0) is 14.9. The number of nitrogens with zero attached hydrogens (tertiary/aromatic N) is 2. The van der Waals surface area contributed by atoms with Crippen molar-refractivity contribution in [3.8, 4) is 11.7 Å². The fourth-order valence-electron chi connectivity index (χ4n) is 1.73. The number of carbonyl (C=O) groups is 1. The second-order valence-corrected chi connectivity index (χ2v) is 5.48. The molecule has 0 radical (unpaired) electrons. The van der Waals surface area contributed by atoms with Crippen LogP contribution in [0.1, 0.15) is 32.6 Å². The molecule has 0 spiro atoms. The predicted molar refractivity (Wildman–Crippen MR) is 79.9 cm³/mol. The van der Waals surface area contributed by atoms with E-state index in [4.69, 9.17) is 8.83 Å². The zero-order valence-corrected chi connectivity index (χ0v) is 12.8. The molecule has 114 valence electrons. The summed E-state index contributed by atoms with van der Waals surface area (Å²) < 4.78 is 10.6. The predicted octanol–water partition coefficient (Wildman–Crippen LogP) is 3.12. The van der Waals surface area contributed by atoms with E-state index in [1.54, 1.807) is 18.4 Å². The Bertz CT molecular complexity index is 539. The lowest BCUT2D eigenvalue weighted by molar-refractivity contribution is -0.118. The average Bonchev–Trinajstić information content (AvgIpc) is 3.15. The Hall–Kier alpha value is -1.76. The molecule has 0 aliphatic rings. The van der Waals surface area contributed by atoms with Crippen LogP contribution < -0.4 is 5.32 Å². The van der Waals surface area contributed by atoms with Crippen LogP contribution >= 0.6 is 11.8 Å². The number of unbranched alkanes of at least 4 members (excludes halogenated alkanes) is 3. The number of thioether (sulfide) groups is 1. The van der Waals surface area contributed by atoms with E-state index < -0.39 is 0 Å². The molecule has 0 saturated carbocycles. The Kier molecular flexibility index (Phi) is 6.33. The van der Waals surface area contributed by atoms with Gasteiger partial charge < -0.3 is 14.2 Å². The molecule has 2 rings (SSSR count). The van der Waals surface area contributed by atoms with Crippen molar-refractivity contribution in [1.82, 2.24) is 15.5 Å². The second-order valence-electron chi connectivity index (χ2n) is 4.55. The molecule has 1 amide bonds. The Morgan fingerprint density at radius 2 is 2.24 bits per heavy atom. The van der Waals surface area contributed by atoms with Gasteiger partial charge in [-0.25, -0.2) is 0 Å². The first-order valence-corrected chi connectivity index (χ1v) is 8.05. The molecule has 2 heterocycles. The molecule has 6 nitrogen and oxygen atoms in total. The van der Waals surface area contributed by atoms with Crippen molar-refractivity contribution in [3.05, 3.63) is 18.4 Å². The fraction of sp³-hybridized carbons (Fsp3) is 0.500. The van der Waals surface area contributed by atoms with E-state index in [0.29, 0.717) is 16.9 Å². The number of amides is 1. The van der Waals surface area contributed by atoms with Crippen LogP contribution in [0.15, 0.2) is 32.5 Å². The molecule has 0 aromatic carbocycles. The van der Waals surface area contributed by atoms with Gasteiger partial charge >= 0.3 is 0 Å². The van der Waals surface area contributed by atoms with Crippen LogP contribution in [0.3, 0.4) is 0 Å². The van der Waals surface area contributed by atoms with Crippen molar-refractivity contribution in [3.63, 3.8) is 0 Å². The highest BCUT2D eigenvalue weighted by atomic mass is 32.2. The van der Waals surface area contributed by atoms with E-state index >= 15 is 0 Å². The number of aromatic nitrogens is 2. The van der Waals surface area contributed by atoms with E-state index in [9.17, 15) is 4.79 Å². The third-order valence-electron chi connectivity index (χ3n) is 2.82. The molecule has 21 heavy (non-hydrogen) atoms. The lowest BCUT2D eigenvalue weighted by Crippen LogP contribution is -2.26. The fourth-order valence-corrected chi connectivity index (χ4v) is 2.32. The van der Waals surface area contributed by atoms with Crippen LogP contribution in [0, 0.1) is 0 Å². The van der Waals surface area contributed by atoms with Crippen LogP contribution in [-0.2, 0) is 4.79 Å². The van der Waals surface area contributed by atoms with Crippen LogP contribution in [0.25, 0.3) is 11.7 Å². The van der Waals surface area contributed by atoms with Crippen molar-refractivity contribution in [2.45, 2.75) is 37.8 Å². The summed E-state index contributed by atoms with van der Waals surface area (Å²) >= 11 is 1.22. The van der Waals surface area contributed by atoms with E-state index in [0.717, 1.165) is 19.4 Å². The summed E-state index contributed by atoms with van der Waals surface area (Å²) in [5, 5.41) is 11.0. The monoisotopic (exact) mass is 309 g/mol. The summed E-state index contributed by atoms with van der Waals surface area (Å²) in [6, 6.07) is 3.49. The smallest absolute Gasteiger partial charge is 0.284 e. The number of nitrogens with one attached hydrogen (secondary N) is 1. The maximum Gasteiger partial charge on any atom is 0.284 e. The minimum atomic E-state index is -0.0192. The third kappa shape index (κ3) is 5.26. The maximum atomic E-state index is 11.6. The molecule has 0 unspecified atom stereocenters. The Morgan fingerprint density at radius 3 is 3.00 bits per heavy atom. The average molecular weight is 309 g/mol. The molecular formula is C14H19N3O3S. The van der Waals surface area contributed by atoms with E-state index in [2.05, 4.69) is 22.4 Å². The first kappa shape index (κ1) is 15.6. The quantitative estimate of drug-likeness (QED) is 0.566. The zero-order valence-electron chi connectivity index (χ0n) is 12.0. The Morgan fingerprint density at radius 1 is 1.33 bits per heavy atom. The van der Waals surface area contributed by atoms with Gasteiger partial charge in [-0.05, 0) is 18.6 Å². The molecule has 0 bridgehead atoms. The molecule has 1 N–H and O–H groups in total. The van der Waals surface area contributed by atoms with Gasteiger partial charge in [0, 0.05) is 6.54 Å². The van der Waals surface area contributed by atoms with Crippen molar-refractivity contribution < 1.29 is 13.6 Å². The largest absolute Gasteiger partial charge is 0.459 e. The minimum Gasteiger partial charge on any atom is -0.459 e. The van der Waals surface area contributed by atoms with Gasteiger partial charge in [-0.1, -0.05) is 37.9 Å². The Labute approximate surface area is 127 Å². The summed E-state index contributed by atoms with van der Waals surface area (Å²) in [6.45, 7) is 2.89. The summed E-state index contributed by atoms with van der Waals surface area (Å²) in [5.41, 5.74) is 0. The van der Waals surface area contributed by atoms with E-state index in [1.807, 2.05) is 0 Å². The Balaban J connectivity index is 1.67. The normalized spacial score (nSPS) is 10.7. The van der Waals surface area contributed by atoms with Crippen molar-refractivity contribution in [1.29, 1.82) is 0 Å². The number of rotatable bonds is 9. The van der Waals surface area contributed by atoms with E-state index in [-0.39, 0.29) is 11.7 Å². The van der Waals surface area contributed by atoms with Crippen molar-refractivity contribution in [2.75, 3.05) is 12.3 Å². The topological polar surface area (TPSA) is 81.2 Å². The molecule has 0 saturated heterocycles. The van der Waals surface area contributed by atoms with Gasteiger partial charge in [-0.15, -0.1) is 10.2 Å². The number of carbonyl (C=O) groups excluding carboxylic acids is 1. The van der Waals surface area contributed by atoms with Gasteiger partial charge in [0.1, 0.15) is 0 Å². The third-order valence-corrected chi connectivity index (χ3v) is 3.64. The molecule has 0 aliphatic carbocycles. The van der Waals surface area contributed by atoms with Gasteiger partial charge in [-0.2, -0.15) is 0 Å². The van der Waals surface area contributed by atoms with Gasteiger partial charge in [0.05, 0.1) is 12.0 Å². The lowest BCUT2D eigenvalue weighted by Gasteiger charge is -2.03. The first-order valence-electron chi connectivity index (χ1n) is 7.06. The molecule has 2 aromatic rings. The van der Waals surface area contributed by atoms with Gasteiger partial charge in [0.2, 0.25) is 5.91 Å². The summed E-state index contributed by atoms with van der Waals surface area (Å²) in [4.78, 5) is 11.6. The van der Waals surface area contributed by atoms with Crippen LogP contribution in [0.5, 0.6) is 0 Å². The summed E-state index contributed by atoms with van der Waals surface area (Å²) in [7, 11) is 0. The standard InChI is InChI=1S/C14H19N3O3S/c1-2-3-4-5-8-15-12(18)10-21-14-17-16-13(20-14)11-7-6-9-19-11/h6-7,9H,2-5,8,10H2,1H3,(H,15,18). The van der Waals surface area contributed by atoms with Crippen LogP contribution in [-0.4, -0.2) is 28.4 Å². The van der Waals surface area contributed by atoms with Crippen molar-refractivity contribution in [2.24, 2.45) is 0 Å². The van der Waals surface area contributed by atoms with Gasteiger partial charge in [-0.3, -0.25) is 4.79 Å². The minimum absolute atomic E-state index is 0.0192. The van der Waals surface area contributed by atoms with Gasteiger partial charge in [0.25, 0.3) is 11.1 Å². The number of hydrogen-bond donors (Lipinski definition) is 1. The first-order chi connectivity index (χ1) is 10.3. The highest BCUT2D eigenvalue weighted by molar-refractivity contribution is 7.99. The number of furan rings is 1. The summed E-state index contributed by atoms with van der Waals surface area (Å²) in [6.07, 6.45) is 6.12. The highest BCUT2D eigenvalue weighted by Gasteiger charge is 2.12. The summed E-state index contributed by atoms with van der Waals surface area (Å²) in [5.74, 6) is 1.10. The van der Waals surface area contributed by atoms with E-state index in [1.165, 1.54) is 24.6 Å². The van der Waals surface area contributed by atoms with Crippen LogP contribution in [0.2, 0.25) is 0 Å². The lowest BCUT2D eigenvalue weighted by atomic mass is 10.2. The highest BCUT2D eigenvalue weighted by Crippen LogP contribution is 2.22. The number of hydrogen-bond acceptors (Lipinski definition) is 6. The molecule has 0 atom stereocenters. The SMILES string of the molecule is CCCCCCNC(=O)CSc1nnc(-c2ccco2)o1. The molecule has 2 aromatic heterocycles. The second kappa shape index (κ2) is 8.51. The maximum absolute atomic E-state index is 11.6. The molecular weight excluding hydrogens is 290 g/mol.